The number of carbonyl (C=O) groups excluding carboxylic acids is 1. The number of Topliss-reactive ketones (excluding diaryl/α,β-unsaturated/α-hetero) is 1. The Morgan fingerprint density at radius 2 is 1.81 bits per heavy atom. The summed E-state index contributed by atoms with van der Waals surface area (Å²) in [7, 11) is -3.60. The quantitative estimate of drug-likeness (QED) is 0.491. The van der Waals surface area contributed by atoms with E-state index in [9.17, 15) is 13.2 Å². The first-order chi connectivity index (χ1) is 15.5. The van der Waals surface area contributed by atoms with Crippen LogP contribution in [-0.4, -0.2) is 51.6 Å². The fourth-order valence-electron chi connectivity index (χ4n) is 3.89. The van der Waals surface area contributed by atoms with Gasteiger partial charge in [0.2, 0.25) is 10.0 Å². The molecule has 2 aromatic carbocycles. The molecule has 4 rings (SSSR count). The number of benzene rings is 2. The van der Waals surface area contributed by atoms with Crippen LogP contribution in [0, 0.1) is 0 Å². The van der Waals surface area contributed by atoms with Crippen molar-refractivity contribution in [2.45, 2.75) is 48.4 Å². The van der Waals surface area contributed by atoms with Gasteiger partial charge in [0.1, 0.15) is 5.78 Å². The molecular weight excluding hydrogens is 444 g/mol. The lowest BCUT2D eigenvalue weighted by molar-refractivity contribution is -0.116. The summed E-state index contributed by atoms with van der Waals surface area (Å²) < 4.78 is 29.4. The summed E-state index contributed by atoms with van der Waals surface area (Å²) in [5.41, 5.74) is 1.51. The van der Waals surface area contributed by atoms with Crippen LogP contribution in [0.3, 0.4) is 0 Å². The Labute approximate surface area is 192 Å². The molecule has 0 aliphatic heterocycles. The standard InChI is InChI=1S/C23H26N4O3S2/c1-3-26(4-2)32(29,30)19-13-8-10-17(16-19)22-24-25-23(31-21-15-9-14-20(21)28)27(22)18-11-6-5-7-12-18/h5-8,10-13,16,21H,3-4,9,14-15H2,1-2H3/t21-/m1/s1. The summed E-state index contributed by atoms with van der Waals surface area (Å²) >= 11 is 1.43. The Balaban J connectivity index is 1.80. The molecule has 32 heavy (non-hydrogen) atoms. The molecule has 3 aromatic rings. The molecule has 7 nitrogen and oxygen atoms in total. The topological polar surface area (TPSA) is 85.2 Å². The minimum Gasteiger partial charge on any atom is -0.298 e. The molecule has 9 heteroatoms. The highest BCUT2D eigenvalue weighted by Crippen LogP contribution is 2.35. The van der Waals surface area contributed by atoms with Crippen LogP contribution < -0.4 is 0 Å². The number of carbonyl (C=O) groups is 1. The second kappa shape index (κ2) is 9.56. The number of hydrogen-bond acceptors (Lipinski definition) is 6. The third-order valence-electron chi connectivity index (χ3n) is 5.58. The van der Waals surface area contributed by atoms with Gasteiger partial charge in [-0.15, -0.1) is 10.2 Å². The molecule has 1 aliphatic rings. The molecule has 1 atom stereocenters. The lowest BCUT2D eigenvalue weighted by Crippen LogP contribution is -2.30. The zero-order chi connectivity index (χ0) is 22.7. The van der Waals surface area contributed by atoms with Crippen molar-refractivity contribution < 1.29 is 13.2 Å². The highest BCUT2D eigenvalue weighted by molar-refractivity contribution is 8.00. The molecule has 1 saturated carbocycles. The molecule has 0 saturated heterocycles. The predicted octanol–water partition coefficient (Wildman–Crippen LogP) is 4.18. The van der Waals surface area contributed by atoms with Crippen LogP contribution in [0.4, 0.5) is 0 Å². The molecule has 1 aliphatic carbocycles. The van der Waals surface area contributed by atoms with Gasteiger partial charge in [-0.25, -0.2) is 8.42 Å². The Morgan fingerprint density at radius 1 is 1.06 bits per heavy atom. The number of ketones is 1. The second-order valence-electron chi connectivity index (χ2n) is 7.56. The number of para-hydroxylation sites is 1. The van der Waals surface area contributed by atoms with Crippen molar-refractivity contribution in [3.05, 3.63) is 54.6 Å². The maximum absolute atomic E-state index is 13.0. The Kier molecular flexibility index (Phi) is 6.78. The van der Waals surface area contributed by atoms with Gasteiger partial charge in [-0.2, -0.15) is 4.31 Å². The van der Waals surface area contributed by atoms with Crippen LogP contribution in [-0.2, 0) is 14.8 Å². The molecule has 168 valence electrons. The number of rotatable bonds is 8. The van der Waals surface area contributed by atoms with Crippen LogP contribution in [0.1, 0.15) is 33.1 Å². The minimum atomic E-state index is -3.60. The molecule has 0 bridgehead atoms. The molecule has 1 heterocycles. The Hall–Kier alpha value is -2.49. The lowest BCUT2D eigenvalue weighted by Gasteiger charge is -2.19. The number of sulfonamides is 1. The van der Waals surface area contributed by atoms with E-state index in [1.54, 1.807) is 18.2 Å². The average Bonchev–Trinajstić information content (AvgIpc) is 3.41. The van der Waals surface area contributed by atoms with E-state index in [2.05, 4.69) is 10.2 Å². The van der Waals surface area contributed by atoms with Gasteiger partial charge in [0.25, 0.3) is 0 Å². The predicted molar refractivity (Wildman–Crippen MR) is 125 cm³/mol. The molecule has 0 radical (unpaired) electrons. The van der Waals surface area contributed by atoms with E-state index in [0.29, 0.717) is 36.1 Å². The highest BCUT2D eigenvalue weighted by Gasteiger charge is 2.29. The van der Waals surface area contributed by atoms with Gasteiger partial charge in [-0.1, -0.05) is 55.9 Å². The van der Waals surface area contributed by atoms with Crippen molar-refractivity contribution in [3.63, 3.8) is 0 Å². The Morgan fingerprint density at radius 3 is 2.47 bits per heavy atom. The first-order valence-corrected chi connectivity index (χ1v) is 13.1. The number of hydrogen-bond donors (Lipinski definition) is 0. The van der Waals surface area contributed by atoms with Crippen LogP contribution in [0.2, 0.25) is 0 Å². The lowest BCUT2D eigenvalue weighted by atomic mass is 10.2. The van der Waals surface area contributed by atoms with Crippen molar-refractivity contribution in [1.29, 1.82) is 0 Å². The average molecular weight is 471 g/mol. The highest BCUT2D eigenvalue weighted by atomic mass is 32.2. The monoisotopic (exact) mass is 470 g/mol. The van der Waals surface area contributed by atoms with E-state index in [4.69, 9.17) is 0 Å². The van der Waals surface area contributed by atoms with Gasteiger partial charge in [0.15, 0.2) is 11.0 Å². The van der Waals surface area contributed by atoms with Crippen LogP contribution in [0.25, 0.3) is 17.1 Å². The second-order valence-corrected chi connectivity index (χ2v) is 10.7. The third-order valence-corrected chi connectivity index (χ3v) is 8.88. The first kappa shape index (κ1) is 22.7. The summed E-state index contributed by atoms with van der Waals surface area (Å²) in [6.45, 7) is 4.45. The normalized spacial score (nSPS) is 16.7. The van der Waals surface area contributed by atoms with E-state index in [1.807, 2.05) is 54.8 Å². The minimum absolute atomic E-state index is 0.121. The first-order valence-electron chi connectivity index (χ1n) is 10.8. The van der Waals surface area contributed by atoms with E-state index in [0.717, 1.165) is 18.5 Å². The van der Waals surface area contributed by atoms with E-state index >= 15 is 0 Å². The van der Waals surface area contributed by atoms with Crippen LogP contribution >= 0.6 is 11.8 Å². The van der Waals surface area contributed by atoms with Gasteiger partial charge in [0, 0.05) is 30.8 Å². The van der Waals surface area contributed by atoms with E-state index < -0.39 is 10.0 Å². The Bertz CT molecular complexity index is 1200. The summed E-state index contributed by atoms with van der Waals surface area (Å²) in [4.78, 5) is 12.5. The fourth-order valence-corrected chi connectivity index (χ4v) is 6.56. The number of nitrogens with zero attached hydrogens (tertiary/aromatic N) is 4. The van der Waals surface area contributed by atoms with Gasteiger partial charge >= 0.3 is 0 Å². The maximum Gasteiger partial charge on any atom is 0.243 e. The smallest absolute Gasteiger partial charge is 0.243 e. The molecule has 0 N–H and O–H groups in total. The summed E-state index contributed by atoms with van der Waals surface area (Å²) in [6, 6.07) is 16.5. The van der Waals surface area contributed by atoms with Crippen molar-refractivity contribution in [2.24, 2.45) is 0 Å². The van der Waals surface area contributed by atoms with Gasteiger partial charge in [0.05, 0.1) is 10.1 Å². The maximum atomic E-state index is 13.0. The van der Waals surface area contributed by atoms with Gasteiger partial charge < -0.3 is 0 Å². The van der Waals surface area contributed by atoms with Crippen molar-refractivity contribution >= 4 is 27.6 Å². The van der Waals surface area contributed by atoms with Crippen LogP contribution in [0.5, 0.6) is 0 Å². The number of thioether (sulfide) groups is 1. The molecule has 1 fully saturated rings. The van der Waals surface area contributed by atoms with Crippen molar-refractivity contribution in [3.8, 4) is 17.1 Å². The largest absolute Gasteiger partial charge is 0.298 e. The van der Waals surface area contributed by atoms with Crippen molar-refractivity contribution in [2.75, 3.05) is 13.1 Å². The van der Waals surface area contributed by atoms with Gasteiger partial charge in [-0.3, -0.25) is 9.36 Å². The van der Waals surface area contributed by atoms with Gasteiger partial charge in [-0.05, 0) is 37.1 Å². The fraction of sp³-hybridized carbons (Fsp3) is 0.348. The SMILES string of the molecule is CCN(CC)S(=O)(=O)c1cccc(-c2nnc(S[C@@H]3CCCC3=O)n2-c2ccccc2)c1. The summed E-state index contributed by atoms with van der Waals surface area (Å²) in [5.74, 6) is 0.784. The number of aromatic nitrogens is 3. The molecule has 0 amide bonds. The van der Waals surface area contributed by atoms with Crippen molar-refractivity contribution in [1.82, 2.24) is 19.1 Å². The third kappa shape index (κ3) is 4.37. The zero-order valence-corrected chi connectivity index (χ0v) is 19.8. The molecule has 0 spiro atoms. The summed E-state index contributed by atoms with van der Waals surface area (Å²) in [6.07, 6.45) is 2.33. The van der Waals surface area contributed by atoms with Crippen LogP contribution in [0.15, 0.2) is 64.6 Å². The summed E-state index contributed by atoms with van der Waals surface area (Å²) in [5, 5.41) is 9.31. The zero-order valence-electron chi connectivity index (χ0n) is 18.1. The molecule has 0 unspecified atom stereocenters. The van der Waals surface area contributed by atoms with E-state index in [-0.39, 0.29) is 15.9 Å². The van der Waals surface area contributed by atoms with E-state index in [1.165, 1.54) is 16.1 Å². The molecular formula is C23H26N4O3S2. The molecule has 1 aromatic heterocycles.